The normalized spacial score (nSPS) is 12.1. The lowest BCUT2D eigenvalue weighted by Crippen LogP contribution is -2.41. The van der Waals surface area contributed by atoms with Crippen molar-refractivity contribution in [1.82, 2.24) is 5.32 Å². The van der Waals surface area contributed by atoms with E-state index < -0.39 is 30.8 Å². The number of amides is 1. The molecule has 20 heavy (non-hydrogen) atoms. The number of hydrogen-bond acceptors (Lipinski definition) is 3. The fourth-order valence-corrected chi connectivity index (χ4v) is 1.87. The summed E-state index contributed by atoms with van der Waals surface area (Å²) in [7, 11) is 0. The Morgan fingerprint density at radius 1 is 1.45 bits per heavy atom. The third-order valence-electron chi connectivity index (χ3n) is 2.08. The molecule has 1 rings (SSSR count). The summed E-state index contributed by atoms with van der Waals surface area (Å²) in [5, 5.41) is 11.4. The summed E-state index contributed by atoms with van der Waals surface area (Å²) in [5.74, 6) is -6.41. The van der Waals surface area contributed by atoms with Crippen LogP contribution in [0, 0.1) is 0 Å². The standard InChI is InChI=1S/C11H9F4NO3S/c12-10(13)11(14,15)5-16-9(19)6-3-7(20-4-6)1-2-8(17)18/h1-4,10H,5H2,(H,16,19)(H,17,18)/b2-1+. The first-order valence-corrected chi connectivity index (χ1v) is 6.04. The number of aliphatic carboxylic acids is 1. The van der Waals surface area contributed by atoms with Gasteiger partial charge in [0.05, 0.1) is 12.1 Å². The quantitative estimate of drug-likeness (QED) is 0.626. The van der Waals surface area contributed by atoms with Crippen LogP contribution in [0.3, 0.4) is 0 Å². The average Bonchev–Trinajstić information content (AvgIpc) is 2.82. The van der Waals surface area contributed by atoms with Gasteiger partial charge in [-0.2, -0.15) is 8.78 Å². The van der Waals surface area contributed by atoms with Crippen LogP contribution in [0.25, 0.3) is 6.08 Å². The van der Waals surface area contributed by atoms with Gasteiger partial charge in [-0.15, -0.1) is 11.3 Å². The Labute approximate surface area is 114 Å². The molecule has 110 valence electrons. The van der Waals surface area contributed by atoms with Gasteiger partial charge in [-0.1, -0.05) is 0 Å². The minimum Gasteiger partial charge on any atom is -0.478 e. The SMILES string of the molecule is O=C(O)/C=C/c1cc(C(=O)NCC(F)(F)C(F)F)cs1. The van der Waals surface area contributed by atoms with Gasteiger partial charge >= 0.3 is 18.3 Å². The molecular formula is C11H9F4NO3S. The lowest BCUT2D eigenvalue weighted by atomic mass is 10.2. The molecule has 9 heteroatoms. The van der Waals surface area contributed by atoms with Crippen molar-refractivity contribution in [3.05, 3.63) is 28.0 Å². The van der Waals surface area contributed by atoms with E-state index in [1.54, 1.807) is 5.32 Å². The Hall–Kier alpha value is -1.90. The van der Waals surface area contributed by atoms with E-state index in [2.05, 4.69) is 0 Å². The number of alkyl halides is 4. The van der Waals surface area contributed by atoms with Crippen LogP contribution in [0.5, 0.6) is 0 Å². The van der Waals surface area contributed by atoms with Crippen LogP contribution >= 0.6 is 11.3 Å². The Bertz CT molecular complexity index is 527. The van der Waals surface area contributed by atoms with Crippen LogP contribution < -0.4 is 5.32 Å². The van der Waals surface area contributed by atoms with Gasteiger partial charge in [0.1, 0.15) is 0 Å². The molecule has 1 aromatic heterocycles. The Balaban J connectivity index is 2.63. The Morgan fingerprint density at radius 3 is 2.65 bits per heavy atom. The Morgan fingerprint density at radius 2 is 2.10 bits per heavy atom. The van der Waals surface area contributed by atoms with Crippen molar-refractivity contribution in [2.75, 3.05) is 6.54 Å². The third kappa shape index (κ3) is 4.65. The number of rotatable bonds is 6. The number of carbonyl (C=O) groups excluding carboxylic acids is 1. The minimum atomic E-state index is -4.29. The molecular weight excluding hydrogens is 302 g/mol. The number of nitrogens with one attached hydrogen (secondary N) is 1. The zero-order valence-corrected chi connectivity index (χ0v) is 10.6. The molecule has 0 aliphatic heterocycles. The molecule has 0 unspecified atom stereocenters. The van der Waals surface area contributed by atoms with Crippen LogP contribution in [0.15, 0.2) is 17.5 Å². The van der Waals surface area contributed by atoms with Gasteiger partial charge in [0.15, 0.2) is 0 Å². The van der Waals surface area contributed by atoms with E-state index in [-0.39, 0.29) is 5.56 Å². The van der Waals surface area contributed by atoms with E-state index in [0.29, 0.717) is 4.88 Å². The molecule has 4 nitrogen and oxygen atoms in total. The van der Waals surface area contributed by atoms with Crippen molar-refractivity contribution in [3.63, 3.8) is 0 Å². The fourth-order valence-electron chi connectivity index (χ4n) is 1.09. The summed E-state index contributed by atoms with van der Waals surface area (Å²) < 4.78 is 49.0. The highest BCUT2D eigenvalue weighted by molar-refractivity contribution is 7.11. The molecule has 0 bridgehead atoms. The van der Waals surface area contributed by atoms with Crippen LogP contribution in [0.1, 0.15) is 15.2 Å². The molecule has 0 atom stereocenters. The second-order valence-electron chi connectivity index (χ2n) is 3.65. The van der Waals surface area contributed by atoms with Crippen molar-refractivity contribution < 1.29 is 32.3 Å². The smallest absolute Gasteiger partial charge is 0.328 e. The molecule has 0 aliphatic carbocycles. The minimum absolute atomic E-state index is 0.00916. The first kappa shape index (κ1) is 16.2. The zero-order chi connectivity index (χ0) is 15.3. The topological polar surface area (TPSA) is 66.4 Å². The van der Waals surface area contributed by atoms with Crippen molar-refractivity contribution in [2.24, 2.45) is 0 Å². The van der Waals surface area contributed by atoms with Crippen LogP contribution in [0.4, 0.5) is 17.6 Å². The highest BCUT2D eigenvalue weighted by atomic mass is 32.1. The Kier molecular flexibility index (Phi) is 5.26. The monoisotopic (exact) mass is 311 g/mol. The highest BCUT2D eigenvalue weighted by Gasteiger charge is 2.40. The largest absolute Gasteiger partial charge is 0.478 e. The maximum atomic E-state index is 12.6. The maximum absolute atomic E-state index is 12.6. The van der Waals surface area contributed by atoms with Crippen LogP contribution in [-0.2, 0) is 4.79 Å². The van der Waals surface area contributed by atoms with E-state index in [4.69, 9.17) is 5.11 Å². The number of halogens is 4. The number of hydrogen-bond donors (Lipinski definition) is 2. The molecule has 0 aliphatic rings. The zero-order valence-electron chi connectivity index (χ0n) is 9.78. The number of carbonyl (C=O) groups is 2. The van der Waals surface area contributed by atoms with Gasteiger partial charge in [-0.25, -0.2) is 13.6 Å². The molecule has 0 aromatic carbocycles. The molecule has 1 amide bonds. The summed E-state index contributed by atoms with van der Waals surface area (Å²) in [6.07, 6.45) is -1.80. The molecule has 0 radical (unpaired) electrons. The van der Waals surface area contributed by atoms with Gasteiger partial charge in [0.2, 0.25) is 0 Å². The van der Waals surface area contributed by atoms with E-state index in [0.717, 1.165) is 17.4 Å². The first-order chi connectivity index (χ1) is 9.22. The predicted molar refractivity (Wildman–Crippen MR) is 64.3 cm³/mol. The summed E-state index contributed by atoms with van der Waals surface area (Å²) >= 11 is 1.01. The molecule has 0 spiro atoms. The molecule has 0 saturated heterocycles. The maximum Gasteiger partial charge on any atom is 0.328 e. The van der Waals surface area contributed by atoms with E-state index in [1.165, 1.54) is 17.5 Å². The van der Waals surface area contributed by atoms with Gasteiger partial charge in [-0.05, 0) is 12.1 Å². The van der Waals surface area contributed by atoms with Crippen molar-refractivity contribution in [2.45, 2.75) is 12.3 Å². The van der Waals surface area contributed by atoms with Gasteiger partial charge in [-0.3, -0.25) is 4.79 Å². The van der Waals surface area contributed by atoms with E-state index >= 15 is 0 Å². The van der Waals surface area contributed by atoms with Gasteiger partial charge in [0.25, 0.3) is 5.91 Å². The average molecular weight is 311 g/mol. The van der Waals surface area contributed by atoms with Gasteiger partial charge < -0.3 is 10.4 Å². The van der Waals surface area contributed by atoms with Gasteiger partial charge in [0, 0.05) is 16.3 Å². The summed E-state index contributed by atoms with van der Waals surface area (Å²) in [6.45, 7) is -1.47. The molecule has 1 heterocycles. The van der Waals surface area contributed by atoms with Crippen LogP contribution in [-0.4, -0.2) is 35.9 Å². The van der Waals surface area contributed by atoms with Crippen molar-refractivity contribution in [1.29, 1.82) is 0 Å². The molecule has 2 N–H and O–H groups in total. The summed E-state index contributed by atoms with van der Waals surface area (Å²) in [6, 6.07) is 1.26. The number of carboxylic acids is 1. The number of carboxylic acid groups (broad SMARTS) is 1. The third-order valence-corrected chi connectivity index (χ3v) is 2.97. The lowest BCUT2D eigenvalue weighted by molar-refractivity contribution is -0.131. The first-order valence-electron chi connectivity index (χ1n) is 5.16. The second kappa shape index (κ2) is 6.51. The number of thiophene rings is 1. The van der Waals surface area contributed by atoms with E-state index in [1.807, 2.05) is 0 Å². The molecule has 0 fully saturated rings. The highest BCUT2D eigenvalue weighted by Crippen LogP contribution is 2.22. The molecule has 1 aromatic rings. The van der Waals surface area contributed by atoms with E-state index in [9.17, 15) is 27.2 Å². The molecule has 0 saturated carbocycles. The lowest BCUT2D eigenvalue weighted by Gasteiger charge is -2.15. The van der Waals surface area contributed by atoms with Crippen LogP contribution in [0.2, 0.25) is 0 Å². The second-order valence-corrected chi connectivity index (χ2v) is 4.60. The van der Waals surface area contributed by atoms with Crippen molar-refractivity contribution >= 4 is 29.3 Å². The van der Waals surface area contributed by atoms with Crippen molar-refractivity contribution in [3.8, 4) is 0 Å². The summed E-state index contributed by atoms with van der Waals surface area (Å²) in [4.78, 5) is 22.1. The predicted octanol–water partition coefficient (Wildman–Crippen LogP) is 2.48. The fraction of sp³-hybridized carbons (Fsp3) is 0.273. The summed E-state index contributed by atoms with van der Waals surface area (Å²) in [5.41, 5.74) is -0.00916.